The number of nitrogens with zero attached hydrogens (tertiary/aromatic N) is 2. The second-order valence-corrected chi connectivity index (χ2v) is 7.07. The topological polar surface area (TPSA) is 125 Å². The number of ether oxygens (including phenoxy) is 3. The van der Waals surface area contributed by atoms with Crippen molar-refractivity contribution < 1.29 is 33.5 Å². The summed E-state index contributed by atoms with van der Waals surface area (Å²) in [6.07, 6.45) is 1.77. The number of nitro groups is 1. The minimum atomic E-state index is -0.831. The number of carbonyl (C=O) groups excluding carboxylic acids is 3. The predicted octanol–water partition coefficient (Wildman–Crippen LogP) is 2.99. The zero-order valence-electron chi connectivity index (χ0n) is 17.6. The number of likely N-dealkylation sites (tertiary alicyclic amines) is 1. The fraction of sp³-hybridized carbons (Fsp3) is 0.318. The van der Waals surface area contributed by atoms with Gasteiger partial charge >= 0.3 is 11.9 Å². The van der Waals surface area contributed by atoms with Gasteiger partial charge in [0.1, 0.15) is 11.6 Å². The van der Waals surface area contributed by atoms with E-state index >= 15 is 0 Å². The predicted molar refractivity (Wildman–Crippen MR) is 112 cm³/mol. The zero-order valence-corrected chi connectivity index (χ0v) is 17.6. The summed E-state index contributed by atoms with van der Waals surface area (Å²) < 4.78 is 15.3. The summed E-state index contributed by atoms with van der Waals surface area (Å²) in [5, 5.41) is 11.8. The molecule has 0 aromatic heterocycles. The molecule has 1 fully saturated rings. The van der Waals surface area contributed by atoms with E-state index in [0.29, 0.717) is 12.8 Å². The summed E-state index contributed by atoms with van der Waals surface area (Å²) in [5.74, 6) is -2.26. The zero-order chi connectivity index (χ0) is 23.3. The first-order valence-corrected chi connectivity index (χ1v) is 9.89. The average molecular weight is 442 g/mol. The standard InChI is InChI=1S/C22H22N2O8/c1-30-18-12-15(20(25)23-11-7-6-10-16(23)22(27)31-2)17(24(28)29)13-19(18)32-21(26)14-8-4-3-5-9-14/h3-5,8-9,12-13,16H,6-7,10-11H2,1-2H3. The molecule has 0 saturated carbocycles. The third-order valence-corrected chi connectivity index (χ3v) is 5.16. The van der Waals surface area contributed by atoms with Gasteiger partial charge in [0, 0.05) is 12.6 Å². The maximum atomic E-state index is 13.2. The minimum Gasteiger partial charge on any atom is -0.493 e. The molecule has 1 atom stereocenters. The van der Waals surface area contributed by atoms with E-state index in [1.807, 2.05) is 0 Å². The third kappa shape index (κ3) is 4.69. The van der Waals surface area contributed by atoms with E-state index in [0.717, 1.165) is 18.6 Å². The smallest absolute Gasteiger partial charge is 0.343 e. The molecule has 3 rings (SSSR count). The van der Waals surface area contributed by atoms with E-state index in [9.17, 15) is 24.5 Å². The fourth-order valence-corrected chi connectivity index (χ4v) is 3.55. The lowest BCUT2D eigenvalue weighted by Crippen LogP contribution is -2.48. The molecular weight excluding hydrogens is 420 g/mol. The van der Waals surface area contributed by atoms with Gasteiger partial charge in [-0.1, -0.05) is 18.2 Å². The number of esters is 2. The molecule has 1 amide bonds. The van der Waals surface area contributed by atoms with Crippen LogP contribution in [0.5, 0.6) is 11.5 Å². The van der Waals surface area contributed by atoms with Crippen LogP contribution in [0.3, 0.4) is 0 Å². The van der Waals surface area contributed by atoms with Crippen LogP contribution in [0, 0.1) is 10.1 Å². The van der Waals surface area contributed by atoms with Gasteiger partial charge in [-0.05, 0) is 31.4 Å². The van der Waals surface area contributed by atoms with E-state index in [-0.39, 0.29) is 29.2 Å². The van der Waals surface area contributed by atoms with Crippen LogP contribution in [0.15, 0.2) is 42.5 Å². The second-order valence-electron chi connectivity index (χ2n) is 7.07. The number of rotatable bonds is 6. The number of piperidine rings is 1. The molecule has 10 heteroatoms. The van der Waals surface area contributed by atoms with Crippen LogP contribution in [0.25, 0.3) is 0 Å². The molecule has 0 N–H and O–H groups in total. The molecule has 1 heterocycles. The Morgan fingerprint density at radius 2 is 1.78 bits per heavy atom. The van der Waals surface area contributed by atoms with Gasteiger partial charge in [0.2, 0.25) is 0 Å². The van der Waals surface area contributed by atoms with E-state index in [4.69, 9.17) is 14.2 Å². The van der Waals surface area contributed by atoms with Crippen molar-refractivity contribution in [3.8, 4) is 11.5 Å². The summed E-state index contributed by atoms with van der Waals surface area (Å²) in [6, 6.07) is 9.38. The van der Waals surface area contributed by atoms with Gasteiger partial charge in [-0.25, -0.2) is 9.59 Å². The van der Waals surface area contributed by atoms with Gasteiger partial charge in [0.15, 0.2) is 11.5 Å². The Kier molecular flexibility index (Phi) is 7.04. The van der Waals surface area contributed by atoms with Crippen molar-refractivity contribution in [1.82, 2.24) is 4.90 Å². The van der Waals surface area contributed by atoms with Crippen molar-refractivity contribution in [1.29, 1.82) is 0 Å². The molecular formula is C22H22N2O8. The summed E-state index contributed by atoms with van der Waals surface area (Å²) in [6.45, 7) is 0.253. The molecule has 1 aliphatic heterocycles. The van der Waals surface area contributed by atoms with Crippen LogP contribution in [-0.4, -0.2) is 54.5 Å². The number of carbonyl (C=O) groups is 3. The van der Waals surface area contributed by atoms with Crippen LogP contribution in [0.4, 0.5) is 5.69 Å². The van der Waals surface area contributed by atoms with E-state index in [1.54, 1.807) is 18.2 Å². The molecule has 10 nitrogen and oxygen atoms in total. The van der Waals surface area contributed by atoms with Crippen LogP contribution in [0.2, 0.25) is 0 Å². The third-order valence-electron chi connectivity index (χ3n) is 5.16. The molecule has 168 valence electrons. The Labute approximate surface area is 183 Å². The summed E-state index contributed by atoms with van der Waals surface area (Å²) in [5.41, 5.74) is -0.602. The highest BCUT2D eigenvalue weighted by Crippen LogP contribution is 2.36. The molecule has 0 radical (unpaired) electrons. The Bertz CT molecular complexity index is 1040. The SMILES string of the molecule is COC(=O)C1CCCCN1C(=O)c1cc(OC)c(OC(=O)c2ccccc2)cc1[N+](=O)[O-]. The first-order chi connectivity index (χ1) is 15.4. The van der Waals surface area contributed by atoms with Gasteiger partial charge in [0.05, 0.1) is 30.8 Å². The van der Waals surface area contributed by atoms with Crippen molar-refractivity contribution in [3.05, 3.63) is 63.7 Å². The maximum Gasteiger partial charge on any atom is 0.343 e. The highest BCUT2D eigenvalue weighted by Gasteiger charge is 2.37. The molecule has 0 spiro atoms. The number of hydrogen-bond donors (Lipinski definition) is 0. The van der Waals surface area contributed by atoms with Gasteiger partial charge in [0.25, 0.3) is 11.6 Å². The van der Waals surface area contributed by atoms with Gasteiger partial charge < -0.3 is 19.1 Å². The number of methoxy groups -OCH3 is 2. The normalized spacial score (nSPS) is 15.6. The number of nitro benzene ring substituents is 1. The second kappa shape index (κ2) is 9.90. The lowest BCUT2D eigenvalue weighted by molar-refractivity contribution is -0.385. The highest BCUT2D eigenvalue weighted by molar-refractivity contribution is 6.01. The summed E-state index contributed by atoms with van der Waals surface area (Å²) >= 11 is 0. The molecule has 2 aromatic rings. The molecule has 0 bridgehead atoms. The molecule has 1 unspecified atom stereocenters. The van der Waals surface area contributed by atoms with Crippen molar-refractivity contribution in [3.63, 3.8) is 0 Å². The maximum absolute atomic E-state index is 13.2. The lowest BCUT2D eigenvalue weighted by Gasteiger charge is -2.33. The first-order valence-electron chi connectivity index (χ1n) is 9.89. The quantitative estimate of drug-likeness (QED) is 0.289. The monoisotopic (exact) mass is 442 g/mol. The van der Waals surface area contributed by atoms with Gasteiger partial charge in [-0.2, -0.15) is 0 Å². The number of benzene rings is 2. The summed E-state index contributed by atoms with van der Waals surface area (Å²) in [4.78, 5) is 50.0. The minimum absolute atomic E-state index is 0.0325. The summed E-state index contributed by atoms with van der Waals surface area (Å²) in [7, 11) is 2.51. The van der Waals surface area contributed by atoms with E-state index < -0.39 is 34.5 Å². The number of hydrogen-bond acceptors (Lipinski definition) is 8. The van der Waals surface area contributed by atoms with Crippen molar-refractivity contribution in [2.75, 3.05) is 20.8 Å². The molecule has 1 aliphatic rings. The van der Waals surface area contributed by atoms with Crippen LogP contribution < -0.4 is 9.47 Å². The molecule has 0 aliphatic carbocycles. The lowest BCUT2D eigenvalue weighted by atomic mass is 10.00. The van der Waals surface area contributed by atoms with Crippen LogP contribution in [-0.2, 0) is 9.53 Å². The van der Waals surface area contributed by atoms with E-state index in [2.05, 4.69) is 0 Å². The average Bonchev–Trinajstić information content (AvgIpc) is 2.83. The van der Waals surface area contributed by atoms with Gasteiger partial charge in [-0.3, -0.25) is 14.9 Å². The molecule has 1 saturated heterocycles. The van der Waals surface area contributed by atoms with Crippen LogP contribution in [0.1, 0.15) is 40.0 Å². The molecule has 2 aromatic carbocycles. The largest absolute Gasteiger partial charge is 0.493 e. The van der Waals surface area contributed by atoms with Crippen LogP contribution >= 0.6 is 0 Å². The fourth-order valence-electron chi connectivity index (χ4n) is 3.55. The first kappa shape index (κ1) is 22.7. The van der Waals surface area contributed by atoms with Crippen molar-refractivity contribution in [2.24, 2.45) is 0 Å². The Balaban J connectivity index is 1.99. The molecule has 32 heavy (non-hydrogen) atoms. The Hall–Kier alpha value is -3.95. The number of amides is 1. The van der Waals surface area contributed by atoms with Crippen molar-refractivity contribution >= 4 is 23.5 Å². The Morgan fingerprint density at radius 3 is 2.41 bits per heavy atom. The van der Waals surface area contributed by atoms with E-state index in [1.165, 1.54) is 31.3 Å². The van der Waals surface area contributed by atoms with Crippen molar-refractivity contribution in [2.45, 2.75) is 25.3 Å². The Morgan fingerprint density at radius 1 is 1.06 bits per heavy atom. The van der Waals surface area contributed by atoms with Gasteiger partial charge in [-0.15, -0.1) is 0 Å². The highest BCUT2D eigenvalue weighted by atomic mass is 16.6.